The summed E-state index contributed by atoms with van der Waals surface area (Å²) >= 11 is 7.47. The molecule has 0 aromatic heterocycles. The summed E-state index contributed by atoms with van der Waals surface area (Å²) in [4.78, 5) is 14.8. The number of amides is 1. The van der Waals surface area contributed by atoms with Crippen LogP contribution in [-0.2, 0) is 11.3 Å². The first-order chi connectivity index (χ1) is 10.5. The van der Waals surface area contributed by atoms with Gasteiger partial charge in [0.2, 0.25) is 5.91 Å². The summed E-state index contributed by atoms with van der Waals surface area (Å²) in [6.45, 7) is 2.17. The normalized spacial score (nSPS) is 10.5. The Balaban J connectivity index is 1.97. The largest absolute Gasteiger partial charge is 0.341 e. The van der Waals surface area contributed by atoms with Gasteiger partial charge in [-0.1, -0.05) is 35.9 Å². The highest BCUT2D eigenvalue weighted by Crippen LogP contribution is 2.23. The van der Waals surface area contributed by atoms with Crippen molar-refractivity contribution in [3.05, 3.63) is 64.4 Å². The SMILES string of the molecule is Cc1ccccc1SCC(=O)N(C)Cc1c(F)cccc1Cl. The third kappa shape index (κ3) is 4.24. The zero-order valence-electron chi connectivity index (χ0n) is 12.5. The molecule has 0 heterocycles. The van der Waals surface area contributed by atoms with E-state index in [0.717, 1.165) is 10.5 Å². The molecule has 116 valence electrons. The molecule has 0 aliphatic rings. The molecule has 2 rings (SSSR count). The topological polar surface area (TPSA) is 20.3 Å². The standard InChI is InChI=1S/C17H17ClFNOS/c1-12-6-3-4-9-16(12)22-11-17(21)20(2)10-13-14(18)7-5-8-15(13)19/h3-9H,10-11H2,1-2H3. The van der Waals surface area contributed by atoms with Crippen molar-refractivity contribution in [3.63, 3.8) is 0 Å². The molecule has 0 radical (unpaired) electrons. The van der Waals surface area contributed by atoms with Gasteiger partial charge in [0.05, 0.1) is 5.75 Å². The number of halogens is 2. The fraction of sp³-hybridized carbons (Fsp3) is 0.235. The molecule has 0 saturated carbocycles. The van der Waals surface area contributed by atoms with Gasteiger partial charge in [0.25, 0.3) is 0 Å². The fourth-order valence-electron chi connectivity index (χ4n) is 1.98. The molecule has 2 nitrogen and oxygen atoms in total. The summed E-state index contributed by atoms with van der Waals surface area (Å²) in [5.41, 5.74) is 1.49. The zero-order valence-corrected chi connectivity index (χ0v) is 14.0. The molecule has 0 spiro atoms. The number of benzene rings is 2. The smallest absolute Gasteiger partial charge is 0.232 e. The number of rotatable bonds is 5. The molecule has 1 amide bonds. The third-order valence-electron chi connectivity index (χ3n) is 3.33. The van der Waals surface area contributed by atoms with E-state index in [4.69, 9.17) is 11.6 Å². The van der Waals surface area contributed by atoms with Crippen molar-refractivity contribution in [1.29, 1.82) is 0 Å². The summed E-state index contributed by atoms with van der Waals surface area (Å²) < 4.78 is 13.8. The molecule has 0 atom stereocenters. The van der Waals surface area contributed by atoms with Crippen LogP contribution >= 0.6 is 23.4 Å². The van der Waals surface area contributed by atoms with Crippen molar-refractivity contribution < 1.29 is 9.18 Å². The molecule has 0 unspecified atom stereocenters. The van der Waals surface area contributed by atoms with Gasteiger partial charge in [0, 0.05) is 29.1 Å². The lowest BCUT2D eigenvalue weighted by atomic mass is 10.2. The van der Waals surface area contributed by atoms with E-state index in [1.807, 2.05) is 31.2 Å². The van der Waals surface area contributed by atoms with Gasteiger partial charge in [0.1, 0.15) is 5.82 Å². The van der Waals surface area contributed by atoms with E-state index in [9.17, 15) is 9.18 Å². The predicted molar refractivity (Wildman–Crippen MR) is 89.8 cm³/mol. The Kier molecular flexibility index (Phi) is 5.86. The minimum atomic E-state index is -0.390. The Morgan fingerprint density at radius 3 is 2.64 bits per heavy atom. The second-order valence-electron chi connectivity index (χ2n) is 5.00. The van der Waals surface area contributed by atoms with Crippen LogP contribution in [0.25, 0.3) is 0 Å². The number of hydrogen-bond donors (Lipinski definition) is 0. The maximum Gasteiger partial charge on any atom is 0.232 e. The Morgan fingerprint density at radius 1 is 1.23 bits per heavy atom. The molecule has 0 bridgehead atoms. The number of carbonyl (C=O) groups excluding carboxylic acids is 1. The van der Waals surface area contributed by atoms with Gasteiger partial charge in [-0.3, -0.25) is 4.79 Å². The van der Waals surface area contributed by atoms with E-state index in [-0.39, 0.29) is 12.5 Å². The van der Waals surface area contributed by atoms with Crippen LogP contribution in [0.5, 0.6) is 0 Å². The van der Waals surface area contributed by atoms with E-state index >= 15 is 0 Å². The predicted octanol–water partition coefficient (Wildman–Crippen LogP) is 4.54. The van der Waals surface area contributed by atoms with Gasteiger partial charge in [-0.15, -0.1) is 11.8 Å². The number of aryl methyl sites for hydroxylation is 1. The third-order valence-corrected chi connectivity index (χ3v) is 4.84. The molecule has 2 aromatic rings. The van der Waals surface area contributed by atoms with E-state index in [2.05, 4.69) is 0 Å². The van der Waals surface area contributed by atoms with Crippen molar-refractivity contribution in [2.45, 2.75) is 18.4 Å². The first-order valence-electron chi connectivity index (χ1n) is 6.84. The Labute approximate surface area is 139 Å². The van der Waals surface area contributed by atoms with Crippen LogP contribution in [0.3, 0.4) is 0 Å². The maximum absolute atomic E-state index is 13.8. The molecule has 22 heavy (non-hydrogen) atoms. The highest BCUT2D eigenvalue weighted by Gasteiger charge is 2.14. The van der Waals surface area contributed by atoms with Gasteiger partial charge in [-0.2, -0.15) is 0 Å². The van der Waals surface area contributed by atoms with Crippen LogP contribution in [-0.4, -0.2) is 23.6 Å². The van der Waals surface area contributed by atoms with Crippen LogP contribution in [0.2, 0.25) is 5.02 Å². The molecular weight excluding hydrogens is 321 g/mol. The number of hydrogen-bond acceptors (Lipinski definition) is 2. The minimum absolute atomic E-state index is 0.0624. The molecule has 0 aliphatic heterocycles. The quantitative estimate of drug-likeness (QED) is 0.747. The van der Waals surface area contributed by atoms with Crippen LogP contribution in [0.1, 0.15) is 11.1 Å². The van der Waals surface area contributed by atoms with Gasteiger partial charge >= 0.3 is 0 Å². The lowest BCUT2D eigenvalue weighted by molar-refractivity contribution is -0.127. The molecule has 5 heteroatoms. The van der Waals surface area contributed by atoms with E-state index in [1.165, 1.54) is 22.7 Å². The zero-order chi connectivity index (χ0) is 16.1. The summed E-state index contributed by atoms with van der Waals surface area (Å²) in [7, 11) is 1.66. The number of thioether (sulfide) groups is 1. The van der Waals surface area contributed by atoms with Crippen molar-refractivity contribution >= 4 is 29.3 Å². The molecule has 0 aliphatic carbocycles. The van der Waals surface area contributed by atoms with Gasteiger partial charge < -0.3 is 4.90 Å². The highest BCUT2D eigenvalue weighted by molar-refractivity contribution is 8.00. The first kappa shape index (κ1) is 16.8. The molecule has 0 fully saturated rings. The van der Waals surface area contributed by atoms with E-state index in [0.29, 0.717) is 16.3 Å². The molecule has 0 saturated heterocycles. The summed E-state index contributed by atoms with van der Waals surface area (Å²) in [6.07, 6.45) is 0. The van der Waals surface area contributed by atoms with Crippen molar-refractivity contribution in [1.82, 2.24) is 4.90 Å². The minimum Gasteiger partial charge on any atom is -0.341 e. The van der Waals surface area contributed by atoms with Crippen molar-refractivity contribution in [2.24, 2.45) is 0 Å². The number of nitrogens with zero attached hydrogens (tertiary/aromatic N) is 1. The summed E-state index contributed by atoms with van der Waals surface area (Å²) in [6, 6.07) is 12.4. The van der Waals surface area contributed by atoms with Crippen molar-refractivity contribution in [3.8, 4) is 0 Å². The Morgan fingerprint density at radius 2 is 1.95 bits per heavy atom. The summed E-state index contributed by atoms with van der Waals surface area (Å²) in [5, 5.41) is 0.339. The maximum atomic E-state index is 13.8. The monoisotopic (exact) mass is 337 g/mol. The second kappa shape index (κ2) is 7.65. The average molecular weight is 338 g/mol. The van der Waals surface area contributed by atoms with Crippen molar-refractivity contribution in [2.75, 3.05) is 12.8 Å². The molecule has 0 N–H and O–H groups in total. The first-order valence-corrected chi connectivity index (χ1v) is 8.20. The highest BCUT2D eigenvalue weighted by atomic mass is 35.5. The van der Waals surface area contributed by atoms with E-state index in [1.54, 1.807) is 19.2 Å². The summed E-state index contributed by atoms with van der Waals surface area (Å²) in [5.74, 6) is -0.140. The van der Waals surface area contributed by atoms with Gasteiger partial charge in [-0.25, -0.2) is 4.39 Å². The number of carbonyl (C=O) groups is 1. The Bertz CT molecular complexity index is 657. The average Bonchev–Trinajstić information content (AvgIpc) is 2.49. The van der Waals surface area contributed by atoms with Crippen LogP contribution < -0.4 is 0 Å². The second-order valence-corrected chi connectivity index (χ2v) is 6.43. The van der Waals surface area contributed by atoms with Crippen LogP contribution in [0.4, 0.5) is 4.39 Å². The van der Waals surface area contributed by atoms with Gasteiger partial charge in [-0.05, 0) is 30.7 Å². The van der Waals surface area contributed by atoms with Gasteiger partial charge in [0.15, 0.2) is 0 Å². The lowest BCUT2D eigenvalue weighted by Crippen LogP contribution is -2.28. The van der Waals surface area contributed by atoms with E-state index < -0.39 is 5.82 Å². The Hall–Kier alpha value is -1.52. The molecular formula is C17H17ClFNOS. The lowest BCUT2D eigenvalue weighted by Gasteiger charge is -2.18. The fourth-order valence-corrected chi connectivity index (χ4v) is 3.17. The van der Waals surface area contributed by atoms with Crippen LogP contribution in [0.15, 0.2) is 47.4 Å². The molecule has 2 aromatic carbocycles. The van der Waals surface area contributed by atoms with Crippen LogP contribution in [0, 0.1) is 12.7 Å².